The molecule has 0 aliphatic rings. The van der Waals surface area contributed by atoms with Gasteiger partial charge < -0.3 is 4.42 Å². The van der Waals surface area contributed by atoms with Gasteiger partial charge in [0.25, 0.3) is 0 Å². The highest BCUT2D eigenvalue weighted by molar-refractivity contribution is 6.36. The first-order chi connectivity index (χ1) is 20.2. The normalized spacial score (nSPS) is 12.0. The van der Waals surface area contributed by atoms with Gasteiger partial charge in [0, 0.05) is 31.4 Å². The highest BCUT2D eigenvalue weighted by Gasteiger charge is 2.12. The lowest BCUT2D eigenvalue weighted by Crippen LogP contribution is -1.96. The molecule has 6 aromatic rings. The van der Waals surface area contributed by atoms with Crippen LogP contribution in [0.3, 0.4) is 0 Å². The average Bonchev–Trinajstić information content (AvgIpc) is 3.77. The maximum atomic E-state index is 6.30. The van der Waals surface area contributed by atoms with Crippen molar-refractivity contribution in [3.8, 4) is 11.5 Å². The first-order valence-electron chi connectivity index (χ1n) is 14.2. The van der Waals surface area contributed by atoms with Gasteiger partial charge in [-0.1, -0.05) is 68.8 Å². The molecular formula is C34H39ClN6O. The molecule has 0 radical (unpaired) electrons. The van der Waals surface area contributed by atoms with Crippen molar-refractivity contribution in [1.82, 2.24) is 25.0 Å². The lowest BCUT2D eigenvalue weighted by Gasteiger charge is -2.11. The number of nitrogens with one attached hydrogen (secondary N) is 1. The summed E-state index contributed by atoms with van der Waals surface area (Å²) in [5.41, 5.74) is 9.74. The number of hydrogen-bond donors (Lipinski definition) is 1. The summed E-state index contributed by atoms with van der Waals surface area (Å²) in [5, 5.41) is 12.9. The number of hydrogen-bond acceptors (Lipinski definition) is 5. The highest BCUT2D eigenvalue weighted by Crippen LogP contribution is 2.32. The van der Waals surface area contributed by atoms with E-state index < -0.39 is 0 Å². The summed E-state index contributed by atoms with van der Waals surface area (Å²) in [7, 11) is 3.70. The first kappa shape index (κ1) is 30.7. The number of benzene rings is 3. The topological polar surface area (TPSA) is 84.9 Å². The van der Waals surface area contributed by atoms with E-state index in [1.807, 2.05) is 51.5 Å². The SMILES string of the molecule is CCC(C)c1ccc2[nH]ncc2c1Cl.CCc1ccc2oc(-c3cnn(C)c3)nc2c1.CN=C(C)c1ccccc1C. The second kappa shape index (κ2) is 14.1. The van der Waals surface area contributed by atoms with Crippen molar-refractivity contribution in [2.75, 3.05) is 7.05 Å². The molecule has 0 bridgehead atoms. The van der Waals surface area contributed by atoms with E-state index in [1.165, 1.54) is 22.3 Å². The molecule has 1 unspecified atom stereocenters. The summed E-state index contributed by atoms with van der Waals surface area (Å²) >= 11 is 6.30. The number of rotatable bonds is 5. The van der Waals surface area contributed by atoms with Gasteiger partial charge in [-0.2, -0.15) is 10.2 Å². The van der Waals surface area contributed by atoms with Crippen molar-refractivity contribution in [3.63, 3.8) is 0 Å². The van der Waals surface area contributed by atoms with Crippen molar-refractivity contribution >= 4 is 39.3 Å². The maximum absolute atomic E-state index is 6.30. The lowest BCUT2D eigenvalue weighted by molar-refractivity contribution is 0.619. The average molecular weight is 583 g/mol. The van der Waals surface area contributed by atoms with E-state index in [0.717, 1.165) is 51.1 Å². The number of nitrogens with zero attached hydrogens (tertiary/aromatic N) is 5. The van der Waals surface area contributed by atoms with Crippen LogP contribution >= 0.6 is 11.6 Å². The van der Waals surface area contributed by atoms with Crippen molar-refractivity contribution in [2.45, 2.75) is 53.4 Å². The number of H-pyrrole nitrogens is 1. The van der Waals surface area contributed by atoms with E-state index in [0.29, 0.717) is 11.8 Å². The van der Waals surface area contributed by atoms with E-state index in [1.54, 1.807) is 17.1 Å². The molecule has 0 aliphatic heterocycles. The molecule has 0 spiro atoms. The van der Waals surface area contributed by atoms with Gasteiger partial charge in [0.15, 0.2) is 5.58 Å². The van der Waals surface area contributed by atoms with E-state index in [9.17, 15) is 0 Å². The Kier molecular flexibility index (Phi) is 10.3. The van der Waals surface area contributed by atoms with Gasteiger partial charge in [-0.25, -0.2) is 4.98 Å². The molecule has 42 heavy (non-hydrogen) atoms. The molecule has 3 heterocycles. The van der Waals surface area contributed by atoms with Crippen molar-refractivity contribution in [2.24, 2.45) is 12.0 Å². The number of aromatic nitrogens is 5. The van der Waals surface area contributed by atoms with Crippen LogP contribution in [0.2, 0.25) is 5.02 Å². The van der Waals surface area contributed by atoms with Gasteiger partial charge in [0.2, 0.25) is 5.89 Å². The van der Waals surface area contributed by atoms with Crippen LogP contribution in [-0.2, 0) is 13.5 Å². The molecule has 8 heteroatoms. The fraction of sp³-hybridized carbons (Fsp3) is 0.294. The Bertz CT molecular complexity index is 1790. The molecule has 0 saturated carbocycles. The van der Waals surface area contributed by atoms with E-state index in [-0.39, 0.29) is 0 Å². The van der Waals surface area contributed by atoms with Crippen LogP contribution < -0.4 is 0 Å². The smallest absolute Gasteiger partial charge is 0.230 e. The van der Waals surface area contributed by atoms with E-state index in [4.69, 9.17) is 16.0 Å². The summed E-state index contributed by atoms with van der Waals surface area (Å²) < 4.78 is 7.44. The van der Waals surface area contributed by atoms with Gasteiger partial charge in [0.1, 0.15) is 5.52 Å². The number of halogens is 1. The van der Waals surface area contributed by atoms with Crippen LogP contribution in [-0.4, -0.2) is 37.7 Å². The van der Waals surface area contributed by atoms with Crippen LogP contribution in [0.5, 0.6) is 0 Å². The van der Waals surface area contributed by atoms with Gasteiger partial charge in [0.05, 0.1) is 28.5 Å². The van der Waals surface area contributed by atoms with Crippen LogP contribution in [0.15, 0.2) is 82.6 Å². The Labute approximate surface area is 252 Å². The zero-order valence-corrected chi connectivity index (χ0v) is 26.2. The molecule has 1 atom stereocenters. The quantitative estimate of drug-likeness (QED) is 0.206. The molecule has 6 rings (SSSR count). The van der Waals surface area contributed by atoms with Crippen LogP contribution in [0.1, 0.15) is 62.3 Å². The Morgan fingerprint density at radius 1 is 1.10 bits per heavy atom. The first-order valence-corrected chi connectivity index (χ1v) is 14.6. The minimum absolute atomic E-state index is 0.502. The molecule has 0 aliphatic carbocycles. The Morgan fingerprint density at radius 2 is 1.88 bits per heavy atom. The second-order valence-corrected chi connectivity index (χ2v) is 10.7. The number of oxazole rings is 1. The third-order valence-electron chi connectivity index (χ3n) is 7.41. The maximum Gasteiger partial charge on any atom is 0.230 e. The van der Waals surface area contributed by atoms with Crippen LogP contribution in [0, 0.1) is 6.92 Å². The summed E-state index contributed by atoms with van der Waals surface area (Å²) in [5.74, 6) is 1.13. The fourth-order valence-corrected chi connectivity index (χ4v) is 4.95. The Balaban J connectivity index is 0.000000149. The van der Waals surface area contributed by atoms with Gasteiger partial charge in [-0.15, -0.1) is 0 Å². The van der Waals surface area contributed by atoms with Crippen molar-refractivity contribution < 1.29 is 4.42 Å². The Morgan fingerprint density at radius 3 is 2.55 bits per heavy atom. The number of fused-ring (bicyclic) bond motifs is 2. The number of aryl methyl sites for hydroxylation is 3. The van der Waals surface area contributed by atoms with E-state index in [2.05, 4.69) is 83.3 Å². The van der Waals surface area contributed by atoms with Crippen molar-refractivity contribution in [1.29, 1.82) is 0 Å². The summed E-state index contributed by atoms with van der Waals surface area (Å²) in [6.07, 6.45) is 7.54. The highest BCUT2D eigenvalue weighted by atomic mass is 35.5. The monoisotopic (exact) mass is 582 g/mol. The molecule has 218 valence electrons. The predicted molar refractivity (Wildman–Crippen MR) is 175 cm³/mol. The van der Waals surface area contributed by atoms with Gasteiger partial charge in [-0.3, -0.25) is 14.8 Å². The molecular weight excluding hydrogens is 544 g/mol. The van der Waals surface area contributed by atoms with Crippen molar-refractivity contribution in [3.05, 3.63) is 100 Å². The summed E-state index contributed by atoms with van der Waals surface area (Å²) in [6.45, 7) is 10.6. The molecule has 1 N–H and O–H groups in total. The minimum Gasteiger partial charge on any atom is -0.436 e. The fourth-order valence-electron chi connectivity index (χ4n) is 4.55. The molecule has 0 saturated heterocycles. The number of aliphatic imine (C=N–C) groups is 1. The minimum atomic E-state index is 0.502. The zero-order valence-electron chi connectivity index (χ0n) is 25.4. The molecule has 7 nitrogen and oxygen atoms in total. The standard InChI is InChI=1S/C13H13N3O.C11H13ClN2.C10H13N/c1-3-9-4-5-12-11(6-9)15-13(17-12)10-7-14-16(2)8-10;1-3-7(2)8-4-5-10-9(11(8)12)6-13-14-10;1-8-6-4-5-7-10(8)9(2)11-3/h4-8H,3H2,1-2H3;4-7H,3H2,1-2H3,(H,13,14);4-7H,1-3H3. The summed E-state index contributed by atoms with van der Waals surface area (Å²) in [6, 6.07) is 18.5. The van der Waals surface area contributed by atoms with E-state index >= 15 is 0 Å². The largest absolute Gasteiger partial charge is 0.436 e. The molecule has 0 amide bonds. The predicted octanol–water partition coefficient (Wildman–Crippen LogP) is 8.95. The third kappa shape index (κ3) is 7.15. The second-order valence-electron chi connectivity index (χ2n) is 10.3. The Hall–Kier alpha value is -4.23. The summed E-state index contributed by atoms with van der Waals surface area (Å²) in [4.78, 5) is 8.62. The van der Waals surface area contributed by atoms with Gasteiger partial charge >= 0.3 is 0 Å². The zero-order chi connectivity index (χ0) is 30.2. The lowest BCUT2D eigenvalue weighted by atomic mass is 9.97. The van der Waals surface area contributed by atoms with Gasteiger partial charge in [-0.05, 0) is 73.1 Å². The van der Waals surface area contributed by atoms with Crippen LogP contribution in [0.25, 0.3) is 33.5 Å². The third-order valence-corrected chi connectivity index (χ3v) is 7.84. The van der Waals surface area contributed by atoms with Crippen LogP contribution in [0.4, 0.5) is 0 Å². The molecule has 0 fully saturated rings. The molecule has 3 aromatic heterocycles. The number of aromatic amines is 1. The molecule has 3 aromatic carbocycles.